The molecule has 0 unspecified atom stereocenters. The summed E-state index contributed by atoms with van der Waals surface area (Å²) >= 11 is 0. The molecular formula is C19H17F2NO. The number of hydrogen-bond donors (Lipinski definition) is 0. The maximum Gasteiger partial charge on any atom is 0.142 e. The van der Waals surface area contributed by atoms with Gasteiger partial charge in [-0.15, -0.1) is 4.91 Å². The first kappa shape index (κ1) is 14.5. The number of halogens is 2. The van der Waals surface area contributed by atoms with Gasteiger partial charge in [0.1, 0.15) is 17.7 Å². The molecular weight excluding hydrogens is 296 g/mol. The van der Waals surface area contributed by atoms with Gasteiger partial charge >= 0.3 is 0 Å². The van der Waals surface area contributed by atoms with Gasteiger partial charge in [-0.2, -0.15) is 0 Å². The lowest BCUT2D eigenvalue weighted by molar-refractivity contribution is 0.621. The van der Waals surface area contributed by atoms with Gasteiger partial charge in [0.15, 0.2) is 0 Å². The van der Waals surface area contributed by atoms with Gasteiger partial charge in [-0.1, -0.05) is 17.3 Å². The first-order valence-electron chi connectivity index (χ1n) is 8.08. The third-order valence-corrected chi connectivity index (χ3v) is 4.83. The second-order valence-electron chi connectivity index (χ2n) is 6.60. The molecule has 0 amide bonds. The molecule has 2 aliphatic carbocycles. The molecule has 0 atom stereocenters. The number of benzene rings is 2. The minimum atomic E-state index is -0.692. The SMILES string of the molecule is O=NC(c1ccc(F)cc1C1CC1)c1ccc(F)cc1C1CC1. The summed E-state index contributed by atoms with van der Waals surface area (Å²) in [5.74, 6) is 0.0492. The molecule has 0 heterocycles. The Morgan fingerprint density at radius 3 is 1.61 bits per heavy atom. The third-order valence-electron chi connectivity index (χ3n) is 4.83. The quantitative estimate of drug-likeness (QED) is 0.663. The van der Waals surface area contributed by atoms with Crippen molar-refractivity contribution < 1.29 is 8.78 Å². The normalized spacial score (nSPS) is 17.5. The molecule has 2 aliphatic rings. The van der Waals surface area contributed by atoms with Gasteiger partial charge < -0.3 is 0 Å². The highest BCUT2D eigenvalue weighted by molar-refractivity contribution is 5.45. The van der Waals surface area contributed by atoms with Gasteiger partial charge in [-0.3, -0.25) is 0 Å². The Kier molecular flexibility index (Phi) is 3.47. The molecule has 2 aromatic carbocycles. The molecule has 4 rings (SSSR count). The fourth-order valence-corrected chi connectivity index (χ4v) is 3.37. The molecule has 2 nitrogen and oxygen atoms in total. The van der Waals surface area contributed by atoms with Gasteiger partial charge in [0.05, 0.1) is 0 Å². The predicted molar refractivity (Wildman–Crippen MR) is 84.4 cm³/mol. The van der Waals surface area contributed by atoms with E-state index in [4.69, 9.17) is 0 Å². The van der Waals surface area contributed by atoms with Crippen molar-refractivity contribution in [1.82, 2.24) is 0 Å². The second-order valence-corrected chi connectivity index (χ2v) is 6.60. The average molecular weight is 313 g/mol. The van der Waals surface area contributed by atoms with Crippen molar-refractivity contribution in [3.63, 3.8) is 0 Å². The van der Waals surface area contributed by atoms with E-state index in [0.717, 1.165) is 47.9 Å². The van der Waals surface area contributed by atoms with Crippen molar-refractivity contribution in [2.24, 2.45) is 5.18 Å². The first-order valence-corrected chi connectivity index (χ1v) is 8.08. The molecule has 0 aromatic heterocycles. The molecule has 2 aromatic rings. The zero-order valence-corrected chi connectivity index (χ0v) is 12.6. The monoisotopic (exact) mass is 313 g/mol. The summed E-state index contributed by atoms with van der Waals surface area (Å²) in [5, 5.41) is 3.33. The summed E-state index contributed by atoms with van der Waals surface area (Å²) in [6, 6.07) is 8.42. The maximum absolute atomic E-state index is 13.6. The molecule has 0 aliphatic heterocycles. The molecule has 2 fully saturated rings. The van der Waals surface area contributed by atoms with Crippen LogP contribution in [0.1, 0.15) is 65.8 Å². The summed E-state index contributed by atoms with van der Waals surface area (Å²) in [4.78, 5) is 11.6. The van der Waals surface area contributed by atoms with Crippen molar-refractivity contribution in [2.45, 2.75) is 43.6 Å². The molecule has 2 saturated carbocycles. The van der Waals surface area contributed by atoms with E-state index in [1.807, 2.05) is 0 Å². The highest BCUT2D eigenvalue weighted by atomic mass is 19.1. The molecule has 23 heavy (non-hydrogen) atoms. The fourth-order valence-electron chi connectivity index (χ4n) is 3.37. The van der Waals surface area contributed by atoms with E-state index in [1.54, 1.807) is 12.1 Å². The standard InChI is InChI=1S/C19H17F2NO/c20-13-5-7-15(17(9-13)11-1-2-11)19(22-23)16-8-6-14(21)10-18(16)12-3-4-12/h5-12,19H,1-4H2. The van der Waals surface area contributed by atoms with E-state index in [9.17, 15) is 13.7 Å². The Morgan fingerprint density at radius 1 is 0.826 bits per heavy atom. The number of hydrogen-bond acceptors (Lipinski definition) is 2. The largest absolute Gasteiger partial charge is 0.207 e. The Bertz CT molecular complexity index is 704. The number of rotatable bonds is 5. The predicted octanol–water partition coefficient (Wildman–Crippen LogP) is 5.58. The smallest absolute Gasteiger partial charge is 0.142 e. The van der Waals surface area contributed by atoms with Crippen LogP contribution in [-0.2, 0) is 0 Å². The zero-order chi connectivity index (χ0) is 16.0. The van der Waals surface area contributed by atoms with Crippen LogP contribution in [0, 0.1) is 16.5 Å². The molecule has 118 valence electrons. The Morgan fingerprint density at radius 2 is 1.26 bits per heavy atom. The molecule has 4 heteroatoms. The topological polar surface area (TPSA) is 29.4 Å². The average Bonchev–Trinajstić information content (AvgIpc) is 3.42. The molecule has 0 radical (unpaired) electrons. The second kappa shape index (κ2) is 5.52. The van der Waals surface area contributed by atoms with E-state index < -0.39 is 6.04 Å². The highest BCUT2D eigenvalue weighted by Crippen LogP contribution is 2.48. The molecule has 0 N–H and O–H groups in total. The van der Waals surface area contributed by atoms with Crippen molar-refractivity contribution in [3.8, 4) is 0 Å². The van der Waals surface area contributed by atoms with Gasteiger partial charge in [-0.25, -0.2) is 8.78 Å². The van der Waals surface area contributed by atoms with Crippen molar-refractivity contribution in [3.05, 3.63) is 75.2 Å². The lowest BCUT2D eigenvalue weighted by atomic mass is 9.89. The van der Waals surface area contributed by atoms with Gasteiger partial charge in [-0.05, 0) is 84.0 Å². The number of nitroso groups, excluding NO2 is 1. The minimum Gasteiger partial charge on any atom is -0.207 e. The van der Waals surface area contributed by atoms with Crippen LogP contribution < -0.4 is 0 Å². The summed E-state index contributed by atoms with van der Waals surface area (Å²) in [7, 11) is 0. The van der Waals surface area contributed by atoms with Crippen LogP contribution in [0.4, 0.5) is 8.78 Å². The van der Waals surface area contributed by atoms with E-state index in [2.05, 4.69) is 5.18 Å². The van der Waals surface area contributed by atoms with Crippen LogP contribution in [-0.4, -0.2) is 0 Å². The van der Waals surface area contributed by atoms with E-state index >= 15 is 0 Å². The van der Waals surface area contributed by atoms with Crippen LogP contribution in [0.2, 0.25) is 0 Å². The summed E-state index contributed by atoms with van der Waals surface area (Å²) in [6.07, 6.45) is 4.06. The van der Waals surface area contributed by atoms with Crippen LogP contribution in [0.5, 0.6) is 0 Å². The Balaban J connectivity index is 1.82. The van der Waals surface area contributed by atoms with Gasteiger partial charge in [0, 0.05) is 0 Å². The maximum atomic E-state index is 13.6. The van der Waals surface area contributed by atoms with Crippen LogP contribution in [0.3, 0.4) is 0 Å². The summed E-state index contributed by atoms with van der Waals surface area (Å²) in [6.45, 7) is 0. The van der Waals surface area contributed by atoms with Crippen molar-refractivity contribution in [1.29, 1.82) is 0 Å². The van der Waals surface area contributed by atoms with Gasteiger partial charge in [0.2, 0.25) is 0 Å². The van der Waals surface area contributed by atoms with Crippen LogP contribution in [0.25, 0.3) is 0 Å². The van der Waals surface area contributed by atoms with Gasteiger partial charge in [0.25, 0.3) is 0 Å². The molecule has 0 bridgehead atoms. The van der Waals surface area contributed by atoms with Crippen molar-refractivity contribution >= 4 is 0 Å². The van der Waals surface area contributed by atoms with Crippen LogP contribution >= 0.6 is 0 Å². The summed E-state index contributed by atoms with van der Waals surface area (Å²) in [5.41, 5.74) is 3.27. The van der Waals surface area contributed by atoms with E-state index in [1.165, 1.54) is 24.3 Å². The minimum absolute atomic E-state index is 0.290. The lowest BCUT2D eigenvalue weighted by Crippen LogP contribution is -2.05. The molecule has 0 spiro atoms. The zero-order valence-electron chi connectivity index (χ0n) is 12.6. The first-order chi connectivity index (χ1) is 11.2. The van der Waals surface area contributed by atoms with Crippen molar-refractivity contribution in [2.75, 3.05) is 0 Å². The van der Waals surface area contributed by atoms with E-state index in [0.29, 0.717) is 11.8 Å². The Labute approximate surface area is 133 Å². The fraction of sp³-hybridized carbons (Fsp3) is 0.368. The lowest BCUT2D eigenvalue weighted by Gasteiger charge is -2.18. The van der Waals surface area contributed by atoms with E-state index in [-0.39, 0.29) is 11.6 Å². The van der Waals surface area contributed by atoms with Crippen LogP contribution in [0.15, 0.2) is 41.6 Å². The Hall–Kier alpha value is -2.10. The molecule has 0 saturated heterocycles. The third kappa shape index (κ3) is 2.78. The highest BCUT2D eigenvalue weighted by Gasteiger charge is 2.33. The number of nitrogens with zero attached hydrogens (tertiary/aromatic N) is 1. The summed E-state index contributed by atoms with van der Waals surface area (Å²) < 4.78 is 27.2.